The number of likely N-dealkylation sites (tertiary alicyclic amines) is 1. The molecule has 1 atom stereocenters. The molecular weight excluding hydrogens is 290 g/mol. The highest BCUT2D eigenvalue weighted by molar-refractivity contribution is 5.68. The third-order valence-electron chi connectivity index (χ3n) is 5.29. The highest BCUT2D eigenvalue weighted by Crippen LogP contribution is 2.35. The monoisotopic (exact) mass is 325 g/mol. The zero-order valence-electron chi connectivity index (χ0n) is 15.7. The molecule has 0 aromatic carbocycles. The number of carbonyl (C=O) groups is 1. The van der Waals surface area contributed by atoms with E-state index in [1.54, 1.807) is 0 Å². The average Bonchev–Trinajstić information content (AvgIpc) is 2.39. The predicted molar refractivity (Wildman–Crippen MR) is 93.7 cm³/mol. The molecule has 1 saturated heterocycles. The molecule has 1 amide bonds. The zero-order valence-corrected chi connectivity index (χ0v) is 15.7. The van der Waals surface area contributed by atoms with Crippen LogP contribution < -0.4 is 5.32 Å². The van der Waals surface area contributed by atoms with E-state index in [1.807, 2.05) is 25.7 Å². The Hall–Kier alpha value is -0.810. The van der Waals surface area contributed by atoms with E-state index in [0.717, 1.165) is 32.6 Å². The van der Waals surface area contributed by atoms with Crippen molar-refractivity contribution in [2.45, 2.75) is 64.0 Å². The first-order valence-corrected chi connectivity index (χ1v) is 9.08. The zero-order chi connectivity index (χ0) is 17.1. The van der Waals surface area contributed by atoms with Gasteiger partial charge in [-0.2, -0.15) is 0 Å². The van der Waals surface area contributed by atoms with E-state index in [0.29, 0.717) is 11.5 Å². The van der Waals surface area contributed by atoms with Gasteiger partial charge in [0.1, 0.15) is 5.60 Å². The number of amides is 1. The van der Waals surface area contributed by atoms with Crippen molar-refractivity contribution < 1.29 is 9.53 Å². The molecule has 1 saturated carbocycles. The first-order valence-electron chi connectivity index (χ1n) is 9.08. The molecule has 0 aromatic rings. The fourth-order valence-electron chi connectivity index (χ4n) is 3.60. The van der Waals surface area contributed by atoms with Crippen LogP contribution in [0.25, 0.3) is 0 Å². The summed E-state index contributed by atoms with van der Waals surface area (Å²) >= 11 is 0. The molecule has 5 heteroatoms. The summed E-state index contributed by atoms with van der Waals surface area (Å²) in [7, 11) is 4.37. The Bertz CT molecular complexity index is 400. The predicted octanol–water partition coefficient (Wildman–Crippen LogP) is 2.71. The smallest absolute Gasteiger partial charge is 0.410 e. The second-order valence-electron chi connectivity index (χ2n) is 8.54. The van der Waals surface area contributed by atoms with Gasteiger partial charge in [-0.25, -0.2) is 4.79 Å². The van der Waals surface area contributed by atoms with Crippen molar-refractivity contribution in [3.8, 4) is 0 Å². The molecule has 23 heavy (non-hydrogen) atoms. The number of ether oxygens (including phenoxy) is 1. The van der Waals surface area contributed by atoms with E-state index in [2.05, 4.69) is 24.3 Å². The first-order chi connectivity index (χ1) is 10.7. The van der Waals surface area contributed by atoms with E-state index in [-0.39, 0.29) is 6.09 Å². The third kappa shape index (κ3) is 5.08. The van der Waals surface area contributed by atoms with E-state index in [1.165, 1.54) is 25.7 Å². The number of nitrogens with one attached hydrogen (secondary N) is 1. The van der Waals surface area contributed by atoms with Gasteiger partial charge in [-0.05, 0) is 79.4 Å². The third-order valence-corrected chi connectivity index (χ3v) is 5.29. The molecule has 0 radical (unpaired) electrons. The Morgan fingerprint density at radius 3 is 2.52 bits per heavy atom. The summed E-state index contributed by atoms with van der Waals surface area (Å²) in [5, 5.41) is 3.67. The van der Waals surface area contributed by atoms with Gasteiger partial charge >= 0.3 is 6.09 Å². The summed E-state index contributed by atoms with van der Waals surface area (Å²) in [6.07, 6.45) is 6.04. The lowest BCUT2D eigenvalue weighted by molar-refractivity contribution is 0.0158. The first kappa shape index (κ1) is 18.5. The van der Waals surface area contributed by atoms with Gasteiger partial charge < -0.3 is 19.9 Å². The highest BCUT2D eigenvalue weighted by atomic mass is 16.6. The Balaban J connectivity index is 1.75. The summed E-state index contributed by atoms with van der Waals surface area (Å²) in [6, 6.07) is 0. The summed E-state index contributed by atoms with van der Waals surface area (Å²) in [5.74, 6) is 0.538. The molecule has 5 nitrogen and oxygen atoms in total. The average molecular weight is 325 g/mol. The number of piperidine rings is 1. The fraction of sp³-hybridized carbons (Fsp3) is 0.944. The van der Waals surface area contributed by atoms with Gasteiger partial charge in [0.05, 0.1) is 0 Å². The Morgan fingerprint density at radius 1 is 1.30 bits per heavy atom. The lowest BCUT2D eigenvalue weighted by Crippen LogP contribution is -2.57. The minimum atomic E-state index is -0.412. The van der Waals surface area contributed by atoms with E-state index < -0.39 is 5.60 Å². The summed E-state index contributed by atoms with van der Waals surface area (Å²) in [6.45, 7) is 9.47. The van der Waals surface area contributed by atoms with Gasteiger partial charge in [0.25, 0.3) is 0 Å². The molecule has 0 spiro atoms. The molecule has 1 unspecified atom stereocenters. The van der Waals surface area contributed by atoms with Gasteiger partial charge in [0.2, 0.25) is 0 Å². The quantitative estimate of drug-likeness (QED) is 0.844. The molecule has 1 aliphatic heterocycles. The van der Waals surface area contributed by atoms with E-state index >= 15 is 0 Å². The normalized spacial score (nSPS) is 24.4. The van der Waals surface area contributed by atoms with Gasteiger partial charge in [-0.15, -0.1) is 0 Å². The second kappa shape index (κ2) is 7.39. The maximum absolute atomic E-state index is 12.2. The van der Waals surface area contributed by atoms with Crippen LogP contribution in [0.15, 0.2) is 0 Å². The molecule has 2 rings (SSSR count). The van der Waals surface area contributed by atoms with Crippen molar-refractivity contribution in [1.82, 2.24) is 15.1 Å². The summed E-state index contributed by atoms with van der Waals surface area (Å²) in [5.41, 5.74) is -0.0515. The summed E-state index contributed by atoms with van der Waals surface area (Å²) in [4.78, 5) is 16.5. The number of nitrogens with zero attached hydrogens (tertiary/aromatic N) is 2. The topological polar surface area (TPSA) is 44.8 Å². The Labute approximate surface area is 141 Å². The van der Waals surface area contributed by atoms with Gasteiger partial charge in [0, 0.05) is 25.2 Å². The number of carbonyl (C=O) groups excluding carboxylic acids is 1. The van der Waals surface area contributed by atoms with Crippen LogP contribution in [-0.4, -0.2) is 67.3 Å². The number of hydrogen-bond acceptors (Lipinski definition) is 4. The fourth-order valence-corrected chi connectivity index (χ4v) is 3.60. The minimum absolute atomic E-state index is 0.161. The van der Waals surface area contributed by atoms with Crippen molar-refractivity contribution in [2.24, 2.45) is 5.92 Å². The largest absolute Gasteiger partial charge is 0.444 e. The molecule has 2 aliphatic rings. The standard InChI is InChI=1S/C18H35N3O2/c1-17(2,3)23-16(22)21-11-6-8-15(13-21)12-19-14-18(20(4)5)9-7-10-18/h15,19H,6-14H2,1-5H3. The number of hydrogen-bond donors (Lipinski definition) is 1. The van der Waals surface area contributed by atoms with Gasteiger partial charge in [0.15, 0.2) is 0 Å². The van der Waals surface area contributed by atoms with Crippen molar-refractivity contribution in [2.75, 3.05) is 40.3 Å². The van der Waals surface area contributed by atoms with Crippen LogP contribution in [0.1, 0.15) is 52.9 Å². The molecule has 0 bridgehead atoms. The number of likely N-dealkylation sites (N-methyl/N-ethyl adjacent to an activating group) is 1. The molecular formula is C18H35N3O2. The van der Waals surface area contributed by atoms with Crippen LogP contribution in [0.3, 0.4) is 0 Å². The van der Waals surface area contributed by atoms with Gasteiger partial charge in [-0.1, -0.05) is 0 Å². The second-order valence-corrected chi connectivity index (χ2v) is 8.54. The van der Waals surface area contributed by atoms with Crippen molar-refractivity contribution in [1.29, 1.82) is 0 Å². The Kier molecular flexibility index (Phi) is 5.95. The van der Waals surface area contributed by atoms with Crippen LogP contribution in [0.5, 0.6) is 0 Å². The van der Waals surface area contributed by atoms with Crippen LogP contribution in [-0.2, 0) is 4.74 Å². The minimum Gasteiger partial charge on any atom is -0.444 e. The van der Waals surface area contributed by atoms with Gasteiger partial charge in [-0.3, -0.25) is 0 Å². The molecule has 1 heterocycles. The van der Waals surface area contributed by atoms with Crippen LogP contribution in [0.4, 0.5) is 4.79 Å². The SMILES string of the molecule is CN(C)C1(CNCC2CCCN(C(=O)OC(C)(C)C)C2)CCC1. The number of rotatable bonds is 5. The lowest BCUT2D eigenvalue weighted by atomic mass is 9.75. The van der Waals surface area contributed by atoms with Crippen LogP contribution in [0.2, 0.25) is 0 Å². The molecule has 134 valence electrons. The van der Waals surface area contributed by atoms with Crippen molar-refractivity contribution in [3.05, 3.63) is 0 Å². The maximum Gasteiger partial charge on any atom is 0.410 e. The maximum atomic E-state index is 12.2. The molecule has 1 N–H and O–H groups in total. The molecule has 2 fully saturated rings. The van der Waals surface area contributed by atoms with Crippen LogP contribution in [0, 0.1) is 5.92 Å². The Morgan fingerprint density at radius 2 is 2.00 bits per heavy atom. The van der Waals surface area contributed by atoms with Crippen molar-refractivity contribution >= 4 is 6.09 Å². The summed E-state index contributed by atoms with van der Waals surface area (Å²) < 4.78 is 5.50. The molecule has 0 aromatic heterocycles. The van der Waals surface area contributed by atoms with E-state index in [4.69, 9.17) is 4.74 Å². The lowest BCUT2D eigenvalue weighted by Gasteiger charge is -2.48. The van der Waals surface area contributed by atoms with Crippen LogP contribution >= 0.6 is 0 Å². The highest BCUT2D eigenvalue weighted by Gasteiger charge is 2.38. The van der Waals surface area contributed by atoms with Crippen molar-refractivity contribution in [3.63, 3.8) is 0 Å². The van der Waals surface area contributed by atoms with E-state index in [9.17, 15) is 4.79 Å². The molecule has 1 aliphatic carbocycles.